The van der Waals surface area contributed by atoms with Crippen LogP contribution < -0.4 is 0 Å². The van der Waals surface area contributed by atoms with Crippen molar-refractivity contribution >= 4 is 0 Å². The van der Waals surface area contributed by atoms with Gasteiger partial charge in [0, 0.05) is 0 Å². The fourth-order valence-corrected chi connectivity index (χ4v) is 3.60. The van der Waals surface area contributed by atoms with Crippen molar-refractivity contribution in [3.8, 4) is 0 Å². The lowest BCUT2D eigenvalue weighted by molar-refractivity contribution is 0.0417. The lowest BCUT2D eigenvalue weighted by atomic mass is 9.75. The Bertz CT molecular complexity index is 244. The van der Waals surface area contributed by atoms with Gasteiger partial charge in [-0.25, -0.2) is 0 Å². The van der Waals surface area contributed by atoms with Gasteiger partial charge in [0.05, 0.1) is 12.2 Å². The molecule has 0 aromatic heterocycles. The van der Waals surface area contributed by atoms with Gasteiger partial charge >= 0.3 is 0 Å². The van der Waals surface area contributed by atoms with Gasteiger partial charge in [-0.2, -0.15) is 0 Å². The number of aliphatic hydroxyl groups excluding tert-OH is 2. The predicted octanol–water partition coefficient (Wildman–Crippen LogP) is 4.39. The van der Waals surface area contributed by atoms with Crippen molar-refractivity contribution in [2.75, 3.05) is 0 Å². The molecule has 1 aliphatic carbocycles. The lowest BCUT2D eigenvalue weighted by Gasteiger charge is -2.33. The summed E-state index contributed by atoms with van der Waals surface area (Å²) in [7, 11) is 0. The Morgan fingerprint density at radius 2 is 1.60 bits per heavy atom. The fourth-order valence-electron chi connectivity index (χ4n) is 3.60. The highest BCUT2D eigenvalue weighted by molar-refractivity contribution is 4.79. The third-order valence-corrected chi connectivity index (χ3v) is 5.55. The van der Waals surface area contributed by atoms with Gasteiger partial charge in [-0.05, 0) is 62.7 Å². The van der Waals surface area contributed by atoms with Crippen molar-refractivity contribution in [1.82, 2.24) is 0 Å². The SMILES string of the molecule is CCC(C)C(CCC(C)O)C[C@H](O)C1CCC(C)CC1. The highest BCUT2D eigenvalue weighted by atomic mass is 16.3. The molecule has 1 aliphatic rings. The number of hydrogen-bond donors (Lipinski definition) is 2. The Morgan fingerprint density at radius 3 is 2.10 bits per heavy atom. The maximum Gasteiger partial charge on any atom is 0.0571 e. The van der Waals surface area contributed by atoms with E-state index in [1.807, 2.05) is 6.92 Å². The van der Waals surface area contributed by atoms with Crippen molar-refractivity contribution < 1.29 is 10.2 Å². The average Bonchev–Trinajstić information content (AvgIpc) is 2.42. The largest absolute Gasteiger partial charge is 0.393 e. The first kappa shape index (κ1) is 18.0. The normalized spacial score (nSPS) is 29.7. The second-order valence-electron chi connectivity index (χ2n) is 7.39. The van der Waals surface area contributed by atoms with Gasteiger partial charge in [0.15, 0.2) is 0 Å². The monoisotopic (exact) mass is 284 g/mol. The van der Waals surface area contributed by atoms with Gasteiger partial charge in [0.1, 0.15) is 0 Å². The van der Waals surface area contributed by atoms with Gasteiger partial charge in [0.25, 0.3) is 0 Å². The van der Waals surface area contributed by atoms with Crippen molar-refractivity contribution in [1.29, 1.82) is 0 Å². The maximum absolute atomic E-state index is 10.6. The molecule has 0 radical (unpaired) electrons. The minimum Gasteiger partial charge on any atom is -0.393 e. The molecule has 4 atom stereocenters. The summed E-state index contributed by atoms with van der Waals surface area (Å²) in [6.07, 6.45) is 8.63. The van der Waals surface area contributed by atoms with Crippen LogP contribution in [-0.2, 0) is 0 Å². The van der Waals surface area contributed by atoms with Crippen molar-refractivity contribution in [3.63, 3.8) is 0 Å². The summed E-state index contributed by atoms with van der Waals surface area (Å²) in [4.78, 5) is 0. The Balaban J connectivity index is 2.46. The van der Waals surface area contributed by atoms with Crippen molar-refractivity contribution in [2.24, 2.45) is 23.7 Å². The molecule has 0 spiro atoms. The first-order chi connectivity index (χ1) is 9.43. The molecule has 0 aliphatic heterocycles. The molecule has 0 amide bonds. The summed E-state index contributed by atoms with van der Waals surface area (Å²) in [6.45, 7) is 8.72. The number of hydrogen-bond acceptors (Lipinski definition) is 2. The zero-order chi connectivity index (χ0) is 15.1. The summed E-state index contributed by atoms with van der Waals surface area (Å²) in [5.74, 6) is 2.57. The fraction of sp³-hybridized carbons (Fsp3) is 1.00. The quantitative estimate of drug-likeness (QED) is 0.694. The second kappa shape index (κ2) is 9.04. The molecule has 0 bridgehead atoms. The van der Waals surface area contributed by atoms with Crippen LogP contribution in [0.5, 0.6) is 0 Å². The molecule has 0 aromatic rings. The minimum atomic E-state index is -0.214. The number of aliphatic hydroxyl groups is 2. The molecule has 1 fully saturated rings. The topological polar surface area (TPSA) is 40.5 Å². The molecular weight excluding hydrogens is 248 g/mol. The van der Waals surface area contributed by atoms with E-state index < -0.39 is 0 Å². The molecule has 0 aromatic carbocycles. The van der Waals surface area contributed by atoms with E-state index in [0.717, 1.165) is 25.2 Å². The van der Waals surface area contributed by atoms with Gasteiger partial charge in [-0.3, -0.25) is 0 Å². The Kier molecular flexibility index (Phi) is 8.13. The van der Waals surface area contributed by atoms with Crippen molar-refractivity contribution in [3.05, 3.63) is 0 Å². The first-order valence-corrected chi connectivity index (χ1v) is 8.80. The number of rotatable bonds is 8. The van der Waals surface area contributed by atoms with Crippen LogP contribution in [0.4, 0.5) is 0 Å². The van der Waals surface area contributed by atoms with Crippen LogP contribution in [-0.4, -0.2) is 22.4 Å². The lowest BCUT2D eigenvalue weighted by Crippen LogP contribution is -2.29. The Labute approximate surface area is 126 Å². The Hall–Kier alpha value is -0.0800. The second-order valence-corrected chi connectivity index (χ2v) is 7.39. The molecular formula is C18H36O2. The predicted molar refractivity (Wildman–Crippen MR) is 85.6 cm³/mol. The van der Waals surface area contributed by atoms with Crippen LogP contribution in [0.2, 0.25) is 0 Å². The molecule has 1 saturated carbocycles. The van der Waals surface area contributed by atoms with Crippen LogP contribution in [0.3, 0.4) is 0 Å². The summed E-state index contributed by atoms with van der Waals surface area (Å²) >= 11 is 0. The smallest absolute Gasteiger partial charge is 0.0571 e. The van der Waals surface area contributed by atoms with E-state index in [9.17, 15) is 10.2 Å². The molecule has 0 heterocycles. The molecule has 2 nitrogen and oxygen atoms in total. The van der Waals surface area contributed by atoms with E-state index in [1.165, 1.54) is 32.1 Å². The molecule has 2 N–H and O–H groups in total. The van der Waals surface area contributed by atoms with Crippen LogP contribution in [0.1, 0.15) is 79.1 Å². The van der Waals surface area contributed by atoms with E-state index in [-0.39, 0.29) is 12.2 Å². The van der Waals surface area contributed by atoms with Crippen LogP contribution in [0.15, 0.2) is 0 Å². The van der Waals surface area contributed by atoms with Crippen LogP contribution >= 0.6 is 0 Å². The van der Waals surface area contributed by atoms with E-state index in [0.29, 0.717) is 17.8 Å². The summed E-state index contributed by atoms with van der Waals surface area (Å²) in [5, 5.41) is 20.1. The van der Waals surface area contributed by atoms with Crippen molar-refractivity contribution in [2.45, 2.75) is 91.3 Å². The molecule has 120 valence electrons. The van der Waals surface area contributed by atoms with Gasteiger partial charge in [0.2, 0.25) is 0 Å². The van der Waals surface area contributed by atoms with Gasteiger partial charge < -0.3 is 10.2 Å². The third kappa shape index (κ3) is 6.13. The summed E-state index contributed by atoms with van der Waals surface area (Å²) < 4.78 is 0. The average molecular weight is 284 g/mol. The van der Waals surface area contributed by atoms with E-state index in [4.69, 9.17) is 0 Å². The molecule has 2 heteroatoms. The Morgan fingerprint density at radius 1 is 1.00 bits per heavy atom. The minimum absolute atomic E-state index is 0.129. The van der Waals surface area contributed by atoms with E-state index >= 15 is 0 Å². The molecule has 0 saturated heterocycles. The molecule has 20 heavy (non-hydrogen) atoms. The molecule has 1 rings (SSSR count). The van der Waals surface area contributed by atoms with Gasteiger partial charge in [-0.15, -0.1) is 0 Å². The first-order valence-electron chi connectivity index (χ1n) is 8.80. The van der Waals surface area contributed by atoms with Gasteiger partial charge in [-0.1, -0.05) is 40.0 Å². The van der Waals surface area contributed by atoms with Crippen LogP contribution in [0, 0.1) is 23.7 Å². The van der Waals surface area contributed by atoms with Crippen LogP contribution in [0.25, 0.3) is 0 Å². The molecule has 3 unspecified atom stereocenters. The standard InChI is InChI=1S/C18H36O2/c1-5-14(3)17(11-8-15(4)19)12-18(20)16-9-6-13(2)7-10-16/h13-20H,5-12H2,1-4H3/t13?,14?,15?,16?,17?,18-/m0/s1. The third-order valence-electron chi connectivity index (χ3n) is 5.55. The summed E-state index contributed by atoms with van der Waals surface area (Å²) in [5.41, 5.74) is 0. The summed E-state index contributed by atoms with van der Waals surface area (Å²) in [6, 6.07) is 0. The zero-order valence-corrected chi connectivity index (χ0v) is 14.0. The van der Waals surface area contributed by atoms with E-state index in [1.54, 1.807) is 0 Å². The highest BCUT2D eigenvalue weighted by Crippen LogP contribution is 2.35. The highest BCUT2D eigenvalue weighted by Gasteiger charge is 2.28. The van der Waals surface area contributed by atoms with E-state index in [2.05, 4.69) is 20.8 Å². The maximum atomic E-state index is 10.6. The zero-order valence-electron chi connectivity index (χ0n) is 14.0.